The average Bonchev–Trinajstić information content (AvgIpc) is 3.02. The molecule has 0 amide bonds. The van der Waals surface area contributed by atoms with E-state index >= 15 is 0 Å². The molecule has 1 N–H and O–H groups in total. The lowest BCUT2D eigenvalue weighted by molar-refractivity contribution is -0.137. The number of thioether (sulfide) groups is 1. The monoisotopic (exact) mass is 556 g/mol. The third-order valence-corrected chi connectivity index (χ3v) is 8.22. The summed E-state index contributed by atoms with van der Waals surface area (Å²) in [6.45, 7) is 5.05. The number of benzene rings is 2. The van der Waals surface area contributed by atoms with Gasteiger partial charge in [-0.3, -0.25) is 4.57 Å². The van der Waals surface area contributed by atoms with E-state index in [9.17, 15) is 22.4 Å². The van der Waals surface area contributed by atoms with Crippen molar-refractivity contribution >= 4 is 40.1 Å². The maximum absolute atomic E-state index is 14.6. The molecule has 3 heterocycles. The molecule has 1 saturated heterocycles. The van der Waals surface area contributed by atoms with Crippen molar-refractivity contribution in [1.29, 1.82) is 0 Å². The molecule has 0 spiro atoms. The van der Waals surface area contributed by atoms with E-state index in [0.29, 0.717) is 24.4 Å². The van der Waals surface area contributed by atoms with Crippen LogP contribution >= 0.6 is 23.4 Å². The Kier molecular flexibility index (Phi) is 6.93. The number of piperazine rings is 1. The summed E-state index contributed by atoms with van der Waals surface area (Å²) in [6.07, 6.45) is -5.17. The van der Waals surface area contributed by atoms with E-state index in [4.69, 9.17) is 16.3 Å². The zero-order valence-electron chi connectivity index (χ0n) is 20.3. The first kappa shape index (κ1) is 26.3. The summed E-state index contributed by atoms with van der Waals surface area (Å²) < 4.78 is 64.8. The van der Waals surface area contributed by atoms with Crippen LogP contribution in [0.15, 0.2) is 34.0 Å². The summed E-state index contributed by atoms with van der Waals surface area (Å²) in [5, 5.41) is 3.34. The minimum atomic E-state index is -4.74. The molecule has 5 rings (SSSR count). The van der Waals surface area contributed by atoms with Crippen molar-refractivity contribution in [3.05, 3.63) is 51.2 Å². The number of hydrogen-bond donors (Lipinski definition) is 1. The van der Waals surface area contributed by atoms with Gasteiger partial charge in [0, 0.05) is 53.9 Å². The van der Waals surface area contributed by atoms with Crippen LogP contribution in [0.1, 0.15) is 19.4 Å². The predicted octanol–water partition coefficient (Wildman–Crippen LogP) is 5.18. The molecule has 37 heavy (non-hydrogen) atoms. The fourth-order valence-corrected chi connectivity index (χ4v) is 6.68. The number of nitrogens with zero attached hydrogens (tertiary/aromatic N) is 3. The molecular formula is C25H25ClF4N4O2S. The number of nitrogens with one attached hydrogen (secondary N) is 1. The number of halogens is 5. The van der Waals surface area contributed by atoms with Gasteiger partial charge in [-0.15, -0.1) is 11.8 Å². The fraction of sp³-hybridized carbons (Fsp3) is 0.440. The molecule has 2 aliphatic heterocycles. The zero-order chi connectivity index (χ0) is 26.6. The van der Waals surface area contributed by atoms with Crippen LogP contribution in [0.2, 0.25) is 5.02 Å². The van der Waals surface area contributed by atoms with Gasteiger partial charge >= 0.3 is 11.9 Å². The molecule has 0 bridgehead atoms. The molecule has 0 unspecified atom stereocenters. The van der Waals surface area contributed by atoms with Crippen LogP contribution in [0.5, 0.6) is 0 Å². The molecule has 0 radical (unpaired) electrons. The first-order valence-electron chi connectivity index (χ1n) is 11.8. The van der Waals surface area contributed by atoms with E-state index in [-0.39, 0.29) is 50.9 Å². The maximum atomic E-state index is 14.6. The van der Waals surface area contributed by atoms with E-state index in [2.05, 4.69) is 10.3 Å². The van der Waals surface area contributed by atoms with E-state index in [1.165, 1.54) is 35.6 Å². The Morgan fingerprint density at radius 2 is 1.86 bits per heavy atom. The number of rotatable bonds is 3. The van der Waals surface area contributed by atoms with E-state index in [0.717, 1.165) is 12.1 Å². The Labute approximate surface area is 219 Å². The first-order valence-corrected chi connectivity index (χ1v) is 13.1. The lowest BCUT2D eigenvalue weighted by atomic mass is 9.96. The van der Waals surface area contributed by atoms with Crippen molar-refractivity contribution in [3.8, 4) is 11.1 Å². The lowest BCUT2D eigenvalue weighted by Crippen LogP contribution is -2.55. The summed E-state index contributed by atoms with van der Waals surface area (Å²) in [4.78, 5) is 19.8. The molecule has 1 fully saturated rings. The van der Waals surface area contributed by atoms with Crippen molar-refractivity contribution < 1.29 is 22.3 Å². The summed E-state index contributed by atoms with van der Waals surface area (Å²) in [6, 6.07) is 4.67. The molecule has 2 aromatic carbocycles. The second-order valence-corrected chi connectivity index (χ2v) is 11.0. The lowest BCUT2D eigenvalue weighted by Gasteiger charge is -2.37. The van der Waals surface area contributed by atoms with Crippen LogP contribution < -0.4 is 15.9 Å². The third-order valence-electron chi connectivity index (χ3n) is 6.70. The molecule has 6 nitrogen and oxygen atoms in total. The van der Waals surface area contributed by atoms with Crippen LogP contribution in [0.3, 0.4) is 0 Å². The molecule has 1 aromatic heterocycles. The van der Waals surface area contributed by atoms with Crippen molar-refractivity contribution in [2.24, 2.45) is 0 Å². The SMILES string of the molecule is CO[C@@H]1CSc2c(-c3ccc(F)c(Cl)c3)c(C(F)(F)F)cc3c(N4C[C@@H](C)N[C@@H](C)C4)nc(=O)n(c23)C1. The van der Waals surface area contributed by atoms with Crippen molar-refractivity contribution in [2.75, 3.05) is 30.9 Å². The zero-order valence-corrected chi connectivity index (χ0v) is 21.9. The number of anilines is 1. The largest absolute Gasteiger partial charge is 0.417 e. The van der Waals surface area contributed by atoms with Gasteiger partial charge in [-0.1, -0.05) is 17.7 Å². The van der Waals surface area contributed by atoms with Gasteiger partial charge in [-0.05, 0) is 37.6 Å². The second-order valence-electron chi connectivity index (χ2n) is 9.52. The van der Waals surface area contributed by atoms with Crippen LogP contribution in [0.4, 0.5) is 23.4 Å². The van der Waals surface area contributed by atoms with Gasteiger partial charge in [0.05, 0.1) is 28.8 Å². The first-order chi connectivity index (χ1) is 17.5. The van der Waals surface area contributed by atoms with Crippen LogP contribution in [-0.4, -0.2) is 53.7 Å². The summed E-state index contributed by atoms with van der Waals surface area (Å²) in [5.74, 6) is -0.195. The summed E-state index contributed by atoms with van der Waals surface area (Å²) >= 11 is 7.17. The molecular weight excluding hydrogens is 532 g/mol. The number of alkyl halides is 3. The highest BCUT2D eigenvalue weighted by Crippen LogP contribution is 2.48. The Balaban J connectivity index is 1.90. The maximum Gasteiger partial charge on any atom is 0.417 e. The summed E-state index contributed by atoms with van der Waals surface area (Å²) in [5.41, 5.74) is -1.13. The highest BCUT2D eigenvalue weighted by Gasteiger charge is 2.39. The minimum Gasteiger partial charge on any atom is -0.379 e. The van der Waals surface area contributed by atoms with Gasteiger partial charge < -0.3 is 15.0 Å². The second kappa shape index (κ2) is 9.76. The molecule has 0 aliphatic carbocycles. The summed E-state index contributed by atoms with van der Waals surface area (Å²) in [7, 11) is 1.50. The third kappa shape index (κ3) is 4.82. The van der Waals surface area contributed by atoms with Gasteiger partial charge in [-0.2, -0.15) is 18.2 Å². The fourth-order valence-electron chi connectivity index (χ4n) is 5.18. The Hall–Kier alpha value is -2.34. The van der Waals surface area contributed by atoms with Gasteiger partial charge in [0.1, 0.15) is 11.6 Å². The Morgan fingerprint density at radius 1 is 1.16 bits per heavy atom. The van der Waals surface area contributed by atoms with Gasteiger partial charge in [0.15, 0.2) is 0 Å². The van der Waals surface area contributed by atoms with Gasteiger partial charge in [0.25, 0.3) is 0 Å². The Morgan fingerprint density at radius 3 is 2.49 bits per heavy atom. The average molecular weight is 557 g/mol. The molecule has 3 aromatic rings. The van der Waals surface area contributed by atoms with Gasteiger partial charge in [-0.25, -0.2) is 9.18 Å². The molecule has 3 atom stereocenters. The van der Waals surface area contributed by atoms with Crippen LogP contribution in [-0.2, 0) is 17.5 Å². The van der Waals surface area contributed by atoms with E-state index in [1.807, 2.05) is 18.7 Å². The highest BCUT2D eigenvalue weighted by atomic mass is 35.5. The molecule has 0 saturated carbocycles. The molecule has 2 aliphatic rings. The smallest absolute Gasteiger partial charge is 0.379 e. The minimum absolute atomic E-state index is 0.0492. The van der Waals surface area contributed by atoms with Crippen molar-refractivity contribution in [1.82, 2.24) is 14.9 Å². The number of ether oxygens (including phenoxy) is 1. The highest BCUT2D eigenvalue weighted by molar-refractivity contribution is 7.99. The number of methoxy groups -OCH3 is 1. The van der Waals surface area contributed by atoms with Crippen molar-refractivity contribution in [3.63, 3.8) is 0 Å². The van der Waals surface area contributed by atoms with Gasteiger partial charge in [0.2, 0.25) is 0 Å². The van der Waals surface area contributed by atoms with Crippen molar-refractivity contribution in [2.45, 2.75) is 49.7 Å². The Bertz CT molecular complexity index is 1420. The van der Waals surface area contributed by atoms with E-state index in [1.54, 1.807) is 0 Å². The number of hydrogen-bond acceptors (Lipinski definition) is 6. The molecule has 12 heteroatoms. The van der Waals surface area contributed by atoms with E-state index < -0.39 is 29.4 Å². The topological polar surface area (TPSA) is 59.4 Å². The molecule has 198 valence electrons. The number of aromatic nitrogens is 2. The van der Waals surface area contributed by atoms with Crippen LogP contribution in [0, 0.1) is 5.82 Å². The standard InChI is InChI=1S/C25H25ClF4N4O2S/c1-12-8-33(9-13(2)31-12)23-16-7-17(25(28,29)30)20(14-4-5-19(27)18(26)6-14)22-21(16)34(24(35)32-23)10-15(36-3)11-37-22/h4-7,12-13,15,31H,8-11H2,1-3H3/t12-,13+,15-/m0/s1. The quantitative estimate of drug-likeness (QED) is 0.449. The van der Waals surface area contributed by atoms with Crippen LogP contribution in [0.25, 0.3) is 22.0 Å². The normalized spacial score (nSPS) is 22.4. The predicted molar refractivity (Wildman–Crippen MR) is 137 cm³/mol.